The second-order valence-electron chi connectivity index (χ2n) is 6.81. The molecule has 0 saturated carbocycles. The Morgan fingerprint density at radius 2 is 1.96 bits per heavy atom. The number of ketones is 1. The number of hydrogen-bond donors (Lipinski definition) is 1. The van der Waals surface area contributed by atoms with Gasteiger partial charge in [0, 0.05) is 8.99 Å². The zero-order valence-electron chi connectivity index (χ0n) is 15.3. The molecule has 1 aromatic heterocycles. The van der Waals surface area contributed by atoms with Gasteiger partial charge in [-0.05, 0) is 60.2 Å². The Morgan fingerprint density at radius 3 is 2.50 bits per heavy atom. The topological polar surface area (TPSA) is 55.4 Å². The van der Waals surface area contributed by atoms with Crippen molar-refractivity contribution in [2.45, 2.75) is 34.6 Å². The van der Waals surface area contributed by atoms with Crippen LogP contribution in [-0.4, -0.2) is 18.4 Å². The average Bonchev–Trinajstić information content (AvgIpc) is 2.85. The normalized spacial score (nSPS) is 11.3. The van der Waals surface area contributed by atoms with Gasteiger partial charge in [0.05, 0.1) is 22.7 Å². The van der Waals surface area contributed by atoms with Gasteiger partial charge in [0.15, 0.2) is 5.78 Å². The number of hydrogen-bond acceptors (Lipinski definition) is 5. The molecular formula is C19H21FINO3S. The molecule has 0 aliphatic carbocycles. The summed E-state index contributed by atoms with van der Waals surface area (Å²) in [6.45, 7) is 9.12. The largest absolute Gasteiger partial charge is 0.462 e. The molecule has 0 saturated heterocycles. The summed E-state index contributed by atoms with van der Waals surface area (Å²) in [5, 5.41) is 3.37. The van der Waals surface area contributed by atoms with Crippen molar-refractivity contribution in [2.24, 2.45) is 5.41 Å². The van der Waals surface area contributed by atoms with Gasteiger partial charge >= 0.3 is 5.97 Å². The number of carbonyl (C=O) groups is 2. The molecule has 1 N–H and O–H groups in total. The highest BCUT2D eigenvalue weighted by molar-refractivity contribution is 14.1. The van der Waals surface area contributed by atoms with E-state index in [9.17, 15) is 14.0 Å². The maximum Gasteiger partial charge on any atom is 0.341 e. The van der Waals surface area contributed by atoms with Crippen LogP contribution >= 0.6 is 33.9 Å². The SMILES string of the molecule is CCOC(=O)c1c(Nc2ccc(I)cc2F)sc(C(=O)C(C)(C)C)c1C. The van der Waals surface area contributed by atoms with Gasteiger partial charge in [-0.2, -0.15) is 0 Å². The fraction of sp³-hybridized carbons (Fsp3) is 0.368. The first-order valence-electron chi connectivity index (χ1n) is 8.13. The molecule has 0 unspecified atom stereocenters. The summed E-state index contributed by atoms with van der Waals surface area (Å²) in [5.74, 6) is -1.02. The second kappa shape index (κ2) is 8.04. The molecule has 0 spiro atoms. The summed E-state index contributed by atoms with van der Waals surface area (Å²) in [4.78, 5) is 25.7. The van der Waals surface area contributed by atoms with Crippen molar-refractivity contribution >= 4 is 56.4 Å². The minimum Gasteiger partial charge on any atom is -0.462 e. The van der Waals surface area contributed by atoms with Crippen LogP contribution in [0, 0.1) is 21.7 Å². The Labute approximate surface area is 170 Å². The minimum absolute atomic E-state index is 0.0679. The van der Waals surface area contributed by atoms with Gasteiger partial charge in [-0.3, -0.25) is 4.79 Å². The van der Waals surface area contributed by atoms with Crippen molar-refractivity contribution in [3.05, 3.63) is 43.6 Å². The number of halogens is 2. The van der Waals surface area contributed by atoms with Gasteiger partial charge in [-0.15, -0.1) is 11.3 Å². The van der Waals surface area contributed by atoms with Gasteiger partial charge in [-0.1, -0.05) is 20.8 Å². The Morgan fingerprint density at radius 1 is 1.31 bits per heavy atom. The van der Waals surface area contributed by atoms with Gasteiger partial charge < -0.3 is 10.1 Å². The summed E-state index contributed by atoms with van der Waals surface area (Å²) < 4.78 is 20.1. The third kappa shape index (κ3) is 4.43. The van der Waals surface area contributed by atoms with Crippen molar-refractivity contribution in [3.63, 3.8) is 0 Å². The third-order valence-electron chi connectivity index (χ3n) is 3.69. The predicted octanol–water partition coefficient (Wildman–Crippen LogP) is 5.95. The number of benzene rings is 1. The zero-order valence-corrected chi connectivity index (χ0v) is 18.3. The van der Waals surface area contributed by atoms with Crippen molar-refractivity contribution in [3.8, 4) is 0 Å². The number of Topliss-reactive ketones (excluding diaryl/α,β-unsaturated/α-hetero) is 1. The van der Waals surface area contributed by atoms with E-state index in [1.807, 2.05) is 43.4 Å². The Kier molecular flexibility index (Phi) is 6.44. The molecule has 0 aliphatic rings. The van der Waals surface area contributed by atoms with E-state index in [1.54, 1.807) is 26.0 Å². The monoisotopic (exact) mass is 489 g/mol. The summed E-state index contributed by atoms with van der Waals surface area (Å²) in [5.41, 5.74) is 0.489. The summed E-state index contributed by atoms with van der Waals surface area (Å²) in [6.07, 6.45) is 0. The molecule has 0 bridgehead atoms. The van der Waals surface area contributed by atoms with Crippen LogP contribution in [0.2, 0.25) is 0 Å². The molecule has 0 amide bonds. The van der Waals surface area contributed by atoms with Crippen molar-refractivity contribution in [1.29, 1.82) is 0 Å². The van der Waals surface area contributed by atoms with E-state index in [-0.39, 0.29) is 23.6 Å². The number of carbonyl (C=O) groups excluding carboxylic acids is 2. The number of thiophene rings is 1. The van der Waals surface area contributed by atoms with Crippen molar-refractivity contribution < 1.29 is 18.7 Å². The predicted molar refractivity (Wildman–Crippen MR) is 111 cm³/mol. The summed E-state index contributed by atoms with van der Waals surface area (Å²) >= 11 is 3.18. The average molecular weight is 489 g/mol. The number of anilines is 2. The van der Waals surface area contributed by atoms with Crippen LogP contribution in [0.4, 0.5) is 15.1 Å². The summed E-state index contributed by atoms with van der Waals surface area (Å²) in [7, 11) is 0. The smallest absolute Gasteiger partial charge is 0.341 e. The zero-order chi connectivity index (χ0) is 19.6. The molecule has 1 heterocycles. The molecule has 7 heteroatoms. The number of esters is 1. The van der Waals surface area contributed by atoms with E-state index >= 15 is 0 Å². The molecule has 2 rings (SSSR count). The molecule has 26 heavy (non-hydrogen) atoms. The van der Waals surface area contributed by atoms with E-state index in [4.69, 9.17) is 4.74 Å². The van der Waals surface area contributed by atoms with Gasteiger partial charge in [0.2, 0.25) is 0 Å². The van der Waals surface area contributed by atoms with Crippen LogP contribution in [0.15, 0.2) is 18.2 Å². The quantitative estimate of drug-likeness (QED) is 0.321. The van der Waals surface area contributed by atoms with E-state index in [0.29, 0.717) is 15.4 Å². The number of rotatable bonds is 5. The van der Waals surface area contributed by atoms with Gasteiger partial charge in [0.25, 0.3) is 0 Å². The highest BCUT2D eigenvalue weighted by Crippen LogP contribution is 2.39. The Bertz CT molecular complexity index is 855. The molecule has 4 nitrogen and oxygen atoms in total. The highest BCUT2D eigenvalue weighted by Gasteiger charge is 2.31. The fourth-order valence-corrected chi connectivity index (χ4v) is 4.13. The lowest BCUT2D eigenvalue weighted by Crippen LogP contribution is -2.20. The molecule has 2 aromatic rings. The van der Waals surface area contributed by atoms with Crippen LogP contribution in [0.25, 0.3) is 0 Å². The van der Waals surface area contributed by atoms with Crippen molar-refractivity contribution in [2.75, 3.05) is 11.9 Å². The standard InChI is InChI=1S/C19H21FINO3S/c1-6-25-18(24)14-10(2)15(16(23)19(3,4)5)26-17(14)22-13-8-7-11(21)9-12(13)20/h7-9,22H,6H2,1-5H3. The van der Waals surface area contributed by atoms with E-state index in [0.717, 1.165) is 14.9 Å². The van der Waals surface area contributed by atoms with Gasteiger partial charge in [-0.25, -0.2) is 9.18 Å². The molecule has 0 aliphatic heterocycles. The van der Waals surface area contributed by atoms with E-state index in [2.05, 4.69) is 5.32 Å². The van der Waals surface area contributed by atoms with Crippen LogP contribution in [0.5, 0.6) is 0 Å². The third-order valence-corrected chi connectivity index (χ3v) is 5.57. The second-order valence-corrected chi connectivity index (χ2v) is 9.08. The minimum atomic E-state index is -0.590. The van der Waals surface area contributed by atoms with Crippen LogP contribution < -0.4 is 5.32 Å². The van der Waals surface area contributed by atoms with Crippen LogP contribution in [0.1, 0.15) is 53.3 Å². The lowest BCUT2D eigenvalue weighted by atomic mass is 9.88. The molecule has 0 fully saturated rings. The molecule has 140 valence electrons. The Hall–Kier alpha value is -1.48. The van der Waals surface area contributed by atoms with Gasteiger partial charge in [0.1, 0.15) is 10.8 Å². The maximum atomic E-state index is 14.2. The van der Waals surface area contributed by atoms with Crippen LogP contribution in [-0.2, 0) is 4.74 Å². The highest BCUT2D eigenvalue weighted by atomic mass is 127. The first kappa shape index (κ1) is 20.8. The molecule has 0 radical (unpaired) electrons. The lowest BCUT2D eigenvalue weighted by Gasteiger charge is -2.15. The maximum absolute atomic E-state index is 14.2. The molecule has 1 aromatic carbocycles. The number of nitrogens with one attached hydrogen (secondary N) is 1. The lowest BCUT2D eigenvalue weighted by molar-refractivity contribution is 0.0527. The van der Waals surface area contributed by atoms with Crippen LogP contribution in [0.3, 0.4) is 0 Å². The van der Waals surface area contributed by atoms with Crippen molar-refractivity contribution in [1.82, 2.24) is 0 Å². The van der Waals surface area contributed by atoms with E-state index < -0.39 is 17.2 Å². The Balaban J connectivity index is 2.56. The fourth-order valence-electron chi connectivity index (χ4n) is 2.32. The first-order chi connectivity index (χ1) is 12.1. The molecular weight excluding hydrogens is 468 g/mol. The first-order valence-corrected chi connectivity index (χ1v) is 10.0. The van der Waals surface area contributed by atoms with E-state index in [1.165, 1.54) is 6.07 Å². The summed E-state index contributed by atoms with van der Waals surface area (Å²) in [6, 6.07) is 4.76. The molecule has 0 atom stereocenters. The number of ether oxygens (including phenoxy) is 1.